The van der Waals surface area contributed by atoms with Crippen molar-refractivity contribution in [2.45, 2.75) is 43.9 Å². The van der Waals surface area contributed by atoms with Crippen molar-refractivity contribution in [3.05, 3.63) is 29.8 Å². The minimum Gasteiger partial charge on any atom is -0.343 e. The molecule has 0 bridgehead atoms. The number of carbonyl (C=O) groups is 1. The molecule has 1 amide bonds. The molecule has 1 aliphatic carbocycles. The summed E-state index contributed by atoms with van der Waals surface area (Å²) in [4.78, 5) is 14.0. The monoisotopic (exact) mass is 339 g/mol. The standard InChI is InChI=1S/C17H25NO4S/c1-14-8-10-16(11-9-14)23(20,21)22-13-12-18(2)17(19)15-6-4-3-5-7-15/h8-11,15H,3-7,12-13H2,1-2H3. The van der Waals surface area contributed by atoms with Gasteiger partial charge in [0.2, 0.25) is 5.91 Å². The second-order valence-corrected chi connectivity index (χ2v) is 7.80. The molecule has 0 unspecified atom stereocenters. The van der Waals surface area contributed by atoms with Crippen molar-refractivity contribution in [2.75, 3.05) is 20.2 Å². The molecule has 0 spiro atoms. The zero-order valence-corrected chi connectivity index (χ0v) is 14.6. The first-order valence-corrected chi connectivity index (χ1v) is 9.52. The Hall–Kier alpha value is -1.40. The number of carbonyl (C=O) groups excluding carboxylic acids is 1. The van der Waals surface area contributed by atoms with Gasteiger partial charge in [-0.15, -0.1) is 0 Å². The lowest BCUT2D eigenvalue weighted by molar-refractivity contribution is -0.135. The van der Waals surface area contributed by atoms with Crippen LogP contribution in [0.2, 0.25) is 0 Å². The third kappa shape index (κ3) is 5.04. The van der Waals surface area contributed by atoms with Crippen LogP contribution in [-0.2, 0) is 19.1 Å². The molecule has 1 saturated carbocycles. The molecule has 0 atom stereocenters. The number of nitrogens with zero attached hydrogens (tertiary/aromatic N) is 1. The Labute approximate surface area is 138 Å². The minimum absolute atomic E-state index is 0.0226. The summed E-state index contributed by atoms with van der Waals surface area (Å²) in [5, 5.41) is 0. The Morgan fingerprint density at radius 1 is 1.17 bits per heavy atom. The van der Waals surface area contributed by atoms with Gasteiger partial charge >= 0.3 is 0 Å². The van der Waals surface area contributed by atoms with Crippen LogP contribution in [-0.4, -0.2) is 39.4 Å². The van der Waals surface area contributed by atoms with Crippen molar-refractivity contribution in [2.24, 2.45) is 5.92 Å². The van der Waals surface area contributed by atoms with Crippen LogP contribution in [0.5, 0.6) is 0 Å². The van der Waals surface area contributed by atoms with E-state index < -0.39 is 10.1 Å². The van der Waals surface area contributed by atoms with E-state index in [2.05, 4.69) is 0 Å². The average Bonchev–Trinajstić information content (AvgIpc) is 2.55. The van der Waals surface area contributed by atoms with E-state index >= 15 is 0 Å². The van der Waals surface area contributed by atoms with Gasteiger partial charge in [0, 0.05) is 19.5 Å². The third-order valence-electron chi connectivity index (χ3n) is 4.31. The predicted molar refractivity (Wildman–Crippen MR) is 88.5 cm³/mol. The molecule has 128 valence electrons. The zero-order valence-electron chi connectivity index (χ0n) is 13.8. The van der Waals surface area contributed by atoms with Gasteiger partial charge in [-0.3, -0.25) is 8.98 Å². The maximum atomic E-state index is 12.3. The lowest BCUT2D eigenvalue weighted by Gasteiger charge is -2.26. The second-order valence-electron chi connectivity index (χ2n) is 6.18. The Morgan fingerprint density at radius 3 is 2.39 bits per heavy atom. The molecule has 23 heavy (non-hydrogen) atoms. The summed E-state index contributed by atoms with van der Waals surface area (Å²) in [6.45, 7) is 2.15. The number of hydrogen-bond donors (Lipinski definition) is 0. The molecule has 6 heteroatoms. The highest BCUT2D eigenvalue weighted by Crippen LogP contribution is 2.25. The van der Waals surface area contributed by atoms with Gasteiger partial charge < -0.3 is 4.90 Å². The molecular weight excluding hydrogens is 314 g/mol. The Balaban J connectivity index is 1.83. The van der Waals surface area contributed by atoms with Crippen LogP contribution in [0.3, 0.4) is 0 Å². The van der Waals surface area contributed by atoms with Gasteiger partial charge in [0.05, 0.1) is 11.5 Å². The van der Waals surface area contributed by atoms with Crippen LogP contribution in [0.1, 0.15) is 37.7 Å². The van der Waals surface area contributed by atoms with E-state index in [9.17, 15) is 13.2 Å². The fraction of sp³-hybridized carbons (Fsp3) is 0.588. The van der Waals surface area contributed by atoms with Crippen LogP contribution in [0.4, 0.5) is 0 Å². The molecule has 1 fully saturated rings. The second kappa shape index (κ2) is 7.93. The van der Waals surface area contributed by atoms with E-state index in [1.54, 1.807) is 24.1 Å². The Morgan fingerprint density at radius 2 is 1.78 bits per heavy atom. The van der Waals surface area contributed by atoms with Crippen LogP contribution < -0.4 is 0 Å². The number of benzene rings is 1. The van der Waals surface area contributed by atoms with Crippen LogP contribution in [0, 0.1) is 12.8 Å². The molecule has 5 nitrogen and oxygen atoms in total. The van der Waals surface area contributed by atoms with Crippen molar-refractivity contribution < 1.29 is 17.4 Å². The van der Waals surface area contributed by atoms with Gasteiger partial charge in [0.1, 0.15) is 0 Å². The summed E-state index contributed by atoms with van der Waals surface area (Å²) in [6.07, 6.45) is 5.27. The van der Waals surface area contributed by atoms with Crippen LogP contribution >= 0.6 is 0 Å². The smallest absolute Gasteiger partial charge is 0.297 e. The molecule has 0 aromatic heterocycles. The molecule has 0 radical (unpaired) electrons. The van der Waals surface area contributed by atoms with Crippen molar-refractivity contribution >= 4 is 16.0 Å². The summed E-state index contributed by atoms with van der Waals surface area (Å²) >= 11 is 0. The highest BCUT2D eigenvalue weighted by Gasteiger charge is 2.24. The normalized spacial score (nSPS) is 16.3. The average molecular weight is 339 g/mol. The maximum Gasteiger partial charge on any atom is 0.297 e. The first-order chi connectivity index (χ1) is 10.9. The van der Waals surface area contributed by atoms with Crippen LogP contribution in [0.25, 0.3) is 0 Å². The predicted octanol–water partition coefficient (Wildman–Crippen LogP) is 2.74. The van der Waals surface area contributed by atoms with Crippen molar-refractivity contribution in [3.8, 4) is 0 Å². The van der Waals surface area contributed by atoms with E-state index in [1.165, 1.54) is 18.6 Å². The van der Waals surface area contributed by atoms with Gasteiger partial charge in [-0.2, -0.15) is 8.42 Å². The van der Waals surface area contributed by atoms with Gasteiger partial charge in [-0.25, -0.2) is 0 Å². The topological polar surface area (TPSA) is 63.7 Å². The summed E-state index contributed by atoms with van der Waals surface area (Å²) in [5.74, 6) is 0.184. The molecule has 0 aliphatic heterocycles. The summed E-state index contributed by atoms with van der Waals surface area (Å²) in [6, 6.07) is 6.52. The van der Waals surface area contributed by atoms with E-state index in [0.29, 0.717) is 0 Å². The zero-order chi connectivity index (χ0) is 16.9. The largest absolute Gasteiger partial charge is 0.343 e. The fourth-order valence-corrected chi connectivity index (χ4v) is 3.73. The number of hydrogen-bond acceptors (Lipinski definition) is 4. The lowest BCUT2D eigenvalue weighted by Crippen LogP contribution is -2.36. The van der Waals surface area contributed by atoms with Crippen LogP contribution in [0.15, 0.2) is 29.2 Å². The number of likely N-dealkylation sites (N-methyl/N-ethyl adjacent to an activating group) is 1. The highest BCUT2D eigenvalue weighted by atomic mass is 32.2. The van der Waals surface area contributed by atoms with E-state index in [-0.39, 0.29) is 29.9 Å². The number of amides is 1. The number of rotatable bonds is 6. The molecule has 2 rings (SSSR count). The Kier molecular flexibility index (Phi) is 6.18. The van der Waals surface area contributed by atoms with Gasteiger partial charge in [0.15, 0.2) is 0 Å². The molecule has 1 aliphatic rings. The van der Waals surface area contributed by atoms with E-state index in [1.807, 2.05) is 6.92 Å². The maximum absolute atomic E-state index is 12.3. The minimum atomic E-state index is -3.76. The first-order valence-electron chi connectivity index (χ1n) is 8.11. The van der Waals surface area contributed by atoms with E-state index in [4.69, 9.17) is 4.18 Å². The fourth-order valence-electron chi connectivity index (χ4n) is 2.83. The van der Waals surface area contributed by atoms with Gasteiger partial charge in [-0.1, -0.05) is 37.0 Å². The lowest BCUT2D eigenvalue weighted by atomic mass is 9.88. The molecular formula is C17H25NO4S. The molecule has 1 aromatic carbocycles. The summed E-state index contributed by atoms with van der Waals surface area (Å²) in [5.41, 5.74) is 0.988. The molecule has 0 saturated heterocycles. The summed E-state index contributed by atoms with van der Waals surface area (Å²) < 4.78 is 29.2. The number of aryl methyl sites for hydroxylation is 1. The SMILES string of the molecule is Cc1ccc(S(=O)(=O)OCCN(C)C(=O)C2CCCCC2)cc1. The van der Waals surface area contributed by atoms with Crippen molar-refractivity contribution in [1.82, 2.24) is 4.90 Å². The van der Waals surface area contributed by atoms with Gasteiger partial charge in [0.25, 0.3) is 10.1 Å². The molecule has 0 heterocycles. The quantitative estimate of drug-likeness (QED) is 0.748. The molecule has 1 aromatic rings. The third-order valence-corrected chi connectivity index (χ3v) is 5.63. The van der Waals surface area contributed by atoms with E-state index in [0.717, 1.165) is 31.2 Å². The molecule has 0 N–H and O–H groups in total. The Bertz CT molecular complexity index is 618. The summed E-state index contributed by atoms with van der Waals surface area (Å²) in [7, 11) is -2.05. The highest BCUT2D eigenvalue weighted by molar-refractivity contribution is 7.86. The van der Waals surface area contributed by atoms with Crippen molar-refractivity contribution in [3.63, 3.8) is 0 Å². The van der Waals surface area contributed by atoms with Gasteiger partial charge in [-0.05, 0) is 31.9 Å². The first kappa shape index (κ1) is 17.9. The van der Waals surface area contributed by atoms with Crippen molar-refractivity contribution in [1.29, 1.82) is 0 Å².